The fourth-order valence-corrected chi connectivity index (χ4v) is 2.01. The third-order valence-corrected chi connectivity index (χ3v) is 2.91. The summed E-state index contributed by atoms with van der Waals surface area (Å²) in [6.07, 6.45) is 5.96. The second kappa shape index (κ2) is 3.47. The van der Waals surface area contributed by atoms with E-state index >= 15 is 0 Å². The van der Waals surface area contributed by atoms with Crippen molar-refractivity contribution in [2.24, 2.45) is 5.73 Å². The van der Waals surface area contributed by atoms with Crippen molar-refractivity contribution in [3.05, 3.63) is 23.5 Å². The standard InChI is InChI=1S/C9H13N3S/c1-2-7(10)5-8-6-12-3-4-13-9(12)11-8/h3-4,6-7H,2,5,10H2,1H3. The molecule has 0 aromatic carbocycles. The van der Waals surface area contributed by atoms with Crippen LogP contribution >= 0.6 is 11.3 Å². The van der Waals surface area contributed by atoms with Gasteiger partial charge in [-0.15, -0.1) is 11.3 Å². The minimum atomic E-state index is 0.240. The zero-order valence-corrected chi connectivity index (χ0v) is 8.42. The second-order valence-electron chi connectivity index (χ2n) is 3.20. The summed E-state index contributed by atoms with van der Waals surface area (Å²) in [5.41, 5.74) is 6.95. The highest BCUT2D eigenvalue weighted by Crippen LogP contribution is 2.12. The van der Waals surface area contributed by atoms with Gasteiger partial charge in [0.25, 0.3) is 0 Å². The lowest BCUT2D eigenvalue weighted by Crippen LogP contribution is -2.21. The first-order valence-corrected chi connectivity index (χ1v) is 5.34. The zero-order valence-electron chi connectivity index (χ0n) is 7.60. The first-order chi connectivity index (χ1) is 6.29. The van der Waals surface area contributed by atoms with E-state index in [2.05, 4.69) is 18.1 Å². The van der Waals surface area contributed by atoms with Crippen molar-refractivity contribution in [2.75, 3.05) is 0 Å². The molecule has 1 unspecified atom stereocenters. The number of hydrogen-bond acceptors (Lipinski definition) is 3. The summed E-state index contributed by atoms with van der Waals surface area (Å²) < 4.78 is 2.04. The minimum Gasteiger partial charge on any atom is -0.327 e. The van der Waals surface area contributed by atoms with Gasteiger partial charge in [-0.05, 0) is 6.42 Å². The van der Waals surface area contributed by atoms with Crippen LogP contribution in [0.4, 0.5) is 0 Å². The van der Waals surface area contributed by atoms with E-state index in [0.29, 0.717) is 0 Å². The Hall–Kier alpha value is -0.870. The number of rotatable bonds is 3. The number of imidazole rings is 1. The van der Waals surface area contributed by atoms with Crippen LogP contribution in [-0.2, 0) is 6.42 Å². The molecule has 0 aliphatic heterocycles. The predicted molar refractivity (Wildman–Crippen MR) is 55.0 cm³/mol. The molecular formula is C9H13N3S. The van der Waals surface area contributed by atoms with E-state index in [1.807, 2.05) is 16.0 Å². The van der Waals surface area contributed by atoms with Crippen molar-refractivity contribution < 1.29 is 0 Å². The summed E-state index contributed by atoms with van der Waals surface area (Å²) in [5, 5.41) is 2.03. The van der Waals surface area contributed by atoms with Crippen molar-refractivity contribution in [3.63, 3.8) is 0 Å². The number of nitrogens with zero attached hydrogens (tertiary/aromatic N) is 2. The lowest BCUT2D eigenvalue weighted by Gasteiger charge is -2.04. The number of fused-ring (bicyclic) bond motifs is 1. The molecule has 0 saturated heterocycles. The fraction of sp³-hybridized carbons (Fsp3) is 0.444. The van der Waals surface area contributed by atoms with Gasteiger partial charge in [-0.2, -0.15) is 0 Å². The maximum atomic E-state index is 5.85. The van der Waals surface area contributed by atoms with Gasteiger partial charge in [0.15, 0.2) is 4.96 Å². The number of nitrogens with two attached hydrogens (primary N) is 1. The van der Waals surface area contributed by atoms with Gasteiger partial charge < -0.3 is 5.73 Å². The van der Waals surface area contributed by atoms with Gasteiger partial charge in [0.05, 0.1) is 5.69 Å². The Labute approximate surface area is 81.2 Å². The van der Waals surface area contributed by atoms with Gasteiger partial charge in [-0.3, -0.25) is 4.40 Å². The SMILES string of the molecule is CCC(N)Cc1cn2ccsc2n1. The van der Waals surface area contributed by atoms with Crippen molar-refractivity contribution in [1.29, 1.82) is 0 Å². The van der Waals surface area contributed by atoms with Crippen LogP contribution in [-0.4, -0.2) is 15.4 Å². The monoisotopic (exact) mass is 195 g/mol. The predicted octanol–water partition coefficient (Wildman–Crippen LogP) is 1.68. The van der Waals surface area contributed by atoms with Gasteiger partial charge in [0, 0.05) is 30.2 Å². The molecule has 0 saturated carbocycles. The van der Waals surface area contributed by atoms with Gasteiger partial charge in [-0.25, -0.2) is 4.98 Å². The van der Waals surface area contributed by atoms with Crippen molar-refractivity contribution >= 4 is 16.3 Å². The third kappa shape index (κ3) is 1.73. The second-order valence-corrected chi connectivity index (χ2v) is 4.07. The van der Waals surface area contributed by atoms with E-state index in [9.17, 15) is 0 Å². The minimum absolute atomic E-state index is 0.240. The molecule has 2 aromatic rings. The summed E-state index contributed by atoms with van der Waals surface area (Å²) in [6, 6.07) is 0.240. The zero-order chi connectivity index (χ0) is 9.26. The Morgan fingerprint density at radius 2 is 2.54 bits per heavy atom. The molecule has 0 amide bonds. The number of thiazole rings is 1. The van der Waals surface area contributed by atoms with Gasteiger partial charge in [0.1, 0.15) is 0 Å². The number of aromatic nitrogens is 2. The molecule has 0 radical (unpaired) electrons. The fourth-order valence-electron chi connectivity index (χ4n) is 1.29. The molecule has 0 fully saturated rings. The smallest absolute Gasteiger partial charge is 0.193 e. The highest BCUT2D eigenvalue weighted by Gasteiger charge is 2.06. The van der Waals surface area contributed by atoms with E-state index in [0.717, 1.165) is 23.5 Å². The Morgan fingerprint density at radius 1 is 1.69 bits per heavy atom. The van der Waals surface area contributed by atoms with Gasteiger partial charge in [0.2, 0.25) is 0 Å². The molecule has 0 spiro atoms. The molecule has 4 heteroatoms. The average Bonchev–Trinajstić information content (AvgIpc) is 2.63. The molecule has 0 aliphatic rings. The highest BCUT2D eigenvalue weighted by atomic mass is 32.1. The summed E-state index contributed by atoms with van der Waals surface area (Å²) in [6.45, 7) is 2.10. The molecule has 70 valence electrons. The molecule has 2 aromatic heterocycles. The Morgan fingerprint density at radius 3 is 3.23 bits per heavy atom. The number of hydrogen-bond donors (Lipinski definition) is 1. The van der Waals surface area contributed by atoms with Crippen molar-refractivity contribution in [1.82, 2.24) is 9.38 Å². The molecule has 0 aliphatic carbocycles. The molecule has 3 nitrogen and oxygen atoms in total. The molecule has 13 heavy (non-hydrogen) atoms. The van der Waals surface area contributed by atoms with Gasteiger partial charge in [-0.1, -0.05) is 6.92 Å². The molecule has 0 bridgehead atoms. The van der Waals surface area contributed by atoms with Crippen LogP contribution < -0.4 is 5.73 Å². The maximum Gasteiger partial charge on any atom is 0.193 e. The van der Waals surface area contributed by atoms with Gasteiger partial charge >= 0.3 is 0 Å². The average molecular weight is 195 g/mol. The Bertz CT molecular complexity index is 362. The summed E-state index contributed by atoms with van der Waals surface area (Å²) in [7, 11) is 0. The van der Waals surface area contributed by atoms with Crippen molar-refractivity contribution in [3.8, 4) is 0 Å². The van der Waals surface area contributed by atoms with E-state index in [4.69, 9.17) is 5.73 Å². The Kier molecular flexibility index (Phi) is 2.33. The van der Waals surface area contributed by atoms with Crippen LogP contribution in [0.2, 0.25) is 0 Å². The van der Waals surface area contributed by atoms with Crippen LogP contribution in [0.15, 0.2) is 17.8 Å². The lowest BCUT2D eigenvalue weighted by atomic mass is 10.1. The normalized spacial score (nSPS) is 13.7. The van der Waals surface area contributed by atoms with Crippen LogP contribution in [0.1, 0.15) is 19.0 Å². The van der Waals surface area contributed by atoms with Crippen LogP contribution in [0.5, 0.6) is 0 Å². The summed E-state index contributed by atoms with van der Waals surface area (Å²) in [5.74, 6) is 0. The van der Waals surface area contributed by atoms with Crippen molar-refractivity contribution in [2.45, 2.75) is 25.8 Å². The van der Waals surface area contributed by atoms with E-state index < -0.39 is 0 Å². The first-order valence-electron chi connectivity index (χ1n) is 4.46. The third-order valence-electron chi connectivity index (χ3n) is 2.14. The molecule has 2 heterocycles. The van der Waals surface area contributed by atoms with Crippen LogP contribution in [0, 0.1) is 0 Å². The highest BCUT2D eigenvalue weighted by molar-refractivity contribution is 7.15. The van der Waals surface area contributed by atoms with E-state index in [1.54, 1.807) is 11.3 Å². The summed E-state index contributed by atoms with van der Waals surface area (Å²) in [4.78, 5) is 5.52. The largest absolute Gasteiger partial charge is 0.327 e. The molecule has 2 rings (SSSR count). The molecule has 2 N–H and O–H groups in total. The lowest BCUT2D eigenvalue weighted by molar-refractivity contribution is 0.639. The van der Waals surface area contributed by atoms with E-state index in [-0.39, 0.29) is 6.04 Å². The first kappa shape index (κ1) is 8.72. The van der Waals surface area contributed by atoms with E-state index in [1.165, 1.54) is 0 Å². The van der Waals surface area contributed by atoms with Crippen LogP contribution in [0.25, 0.3) is 4.96 Å². The Balaban J connectivity index is 2.20. The van der Waals surface area contributed by atoms with Crippen LogP contribution in [0.3, 0.4) is 0 Å². The summed E-state index contributed by atoms with van der Waals surface area (Å²) >= 11 is 1.65. The topological polar surface area (TPSA) is 43.3 Å². The molecular weight excluding hydrogens is 182 g/mol. The maximum absolute atomic E-state index is 5.85. The quantitative estimate of drug-likeness (QED) is 0.809. The molecule has 1 atom stereocenters.